The summed E-state index contributed by atoms with van der Waals surface area (Å²) in [5.41, 5.74) is 6.08. The largest absolute Gasteiger partial charge is 0.467 e. The second-order valence-electron chi connectivity index (χ2n) is 19.5. The molecule has 0 spiro atoms. The SMILES string of the molecule is CC1(C)OC(=N)c2ccc(Nc3cc(Oc4cc(C5CC5)nn4C4CCOCC4)ccn3)cc21.CC1(C)OC(=O)c2ccc(Nc3cc(Oc4cc(C5CC5)nn4C4CCOCC4)ccn3)cc21. The van der Waals surface area contributed by atoms with Gasteiger partial charge in [-0.3, -0.25) is 5.41 Å². The highest BCUT2D eigenvalue weighted by Gasteiger charge is 2.38. The van der Waals surface area contributed by atoms with Gasteiger partial charge in [0.05, 0.1) is 29.0 Å². The maximum absolute atomic E-state index is 12.1. The standard InChI is InChI=1S/C26H29N5O3.C26H28N4O4/c1-26(2)21-13-17(5-6-20(21)25(27)34-26)29-23-14-19(7-10-28-23)33-24-15-22(16-3-4-16)30-31(24)18-8-11-32-12-9-18;1-26(2)21-13-17(5-6-20(21)25(31)34-26)28-23-14-19(7-10-27-23)33-24-15-22(16-3-4-16)29-30(24)18-8-11-32-12-9-18/h5-7,10,13-16,18,27H,3-4,8-9,11-12H2,1-2H3,(H,28,29);5-7,10,13-16,18H,3-4,8-9,11-12H2,1-2H3,(H,27,28). The van der Waals surface area contributed by atoms with Crippen molar-refractivity contribution >= 4 is 34.9 Å². The molecule has 2 saturated heterocycles. The highest BCUT2D eigenvalue weighted by molar-refractivity contribution is 5.97. The predicted octanol–water partition coefficient (Wildman–Crippen LogP) is 11.1. The summed E-state index contributed by atoms with van der Waals surface area (Å²) in [5.74, 6) is 5.32. The van der Waals surface area contributed by atoms with Crippen molar-refractivity contribution in [2.75, 3.05) is 37.1 Å². The molecule has 2 saturated carbocycles. The predicted molar refractivity (Wildman–Crippen MR) is 254 cm³/mol. The fourth-order valence-corrected chi connectivity index (χ4v) is 9.43. The molecule has 0 radical (unpaired) electrons. The van der Waals surface area contributed by atoms with Crippen molar-refractivity contribution in [3.05, 3.63) is 119 Å². The van der Waals surface area contributed by atoms with Crippen LogP contribution in [0.15, 0.2) is 85.2 Å². The van der Waals surface area contributed by atoms with E-state index in [1.165, 1.54) is 25.7 Å². The number of pyridine rings is 2. The fourth-order valence-electron chi connectivity index (χ4n) is 9.43. The van der Waals surface area contributed by atoms with E-state index in [0.717, 1.165) is 103 Å². The number of carbonyl (C=O) groups is 1. The van der Waals surface area contributed by atoms with E-state index in [2.05, 4.69) is 37.4 Å². The number of nitrogens with one attached hydrogen (secondary N) is 3. The lowest BCUT2D eigenvalue weighted by Crippen LogP contribution is -2.21. The minimum atomic E-state index is -0.648. The molecule has 68 heavy (non-hydrogen) atoms. The van der Waals surface area contributed by atoms with Gasteiger partial charge in [0.15, 0.2) is 0 Å². The molecule has 0 unspecified atom stereocenters. The monoisotopic (exact) mass is 919 g/mol. The van der Waals surface area contributed by atoms with E-state index in [-0.39, 0.29) is 17.9 Å². The molecule has 8 heterocycles. The molecule has 0 atom stereocenters. The number of aromatic nitrogens is 6. The molecule has 16 nitrogen and oxygen atoms in total. The number of benzene rings is 2. The van der Waals surface area contributed by atoms with Crippen LogP contribution < -0.4 is 20.1 Å². The third-order valence-electron chi connectivity index (χ3n) is 13.5. The van der Waals surface area contributed by atoms with E-state index < -0.39 is 11.2 Å². The van der Waals surface area contributed by atoms with E-state index in [0.29, 0.717) is 46.6 Å². The second-order valence-corrected chi connectivity index (χ2v) is 19.5. The molecular weight excluding hydrogens is 863 g/mol. The number of rotatable bonds is 12. The Labute approximate surface area is 395 Å². The molecule has 6 aliphatic rings. The van der Waals surface area contributed by atoms with Crippen LogP contribution in [0.2, 0.25) is 0 Å². The molecule has 0 amide bonds. The zero-order valence-electron chi connectivity index (χ0n) is 38.9. The zero-order valence-corrected chi connectivity index (χ0v) is 38.9. The minimum absolute atomic E-state index is 0.215. The normalized spacial score (nSPS) is 19.5. The summed E-state index contributed by atoms with van der Waals surface area (Å²) >= 11 is 0. The van der Waals surface area contributed by atoms with E-state index in [1.807, 2.05) is 87.0 Å². The van der Waals surface area contributed by atoms with Crippen LogP contribution in [0.1, 0.15) is 141 Å². The first-order chi connectivity index (χ1) is 32.9. The second kappa shape index (κ2) is 17.7. The summed E-state index contributed by atoms with van der Waals surface area (Å²) in [6.07, 6.45) is 12.0. The third-order valence-corrected chi connectivity index (χ3v) is 13.5. The summed E-state index contributed by atoms with van der Waals surface area (Å²) in [5, 5.41) is 24.6. The minimum Gasteiger partial charge on any atom is -0.467 e. The Bertz CT molecular complexity index is 2680. The number of hydrogen-bond donors (Lipinski definition) is 3. The molecule has 2 aliphatic carbocycles. The lowest BCUT2D eigenvalue weighted by atomic mass is 9.95. The summed E-state index contributed by atoms with van der Waals surface area (Å²) in [6.45, 7) is 10.8. The summed E-state index contributed by atoms with van der Waals surface area (Å²) in [6, 6.07) is 23.7. The number of ether oxygens (including phenoxy) is 6. The Kier molecular flexibility index (Phi) is 11.4. The molecule has 4 aromatic heterocycles. The first-order valence-corrected chi connectivity index (χ1v) is 23.9. The van der Waals surface area contributed by atoms with Gasteiger partial charge in [0.25, 0.3) is 0 Å². The van der Waals surface area contributed by atoms with Crippen molar-refractivity contribution in [1.29, 1.82) is 5.41 Å². The van der Waals surface area contributed by atoms with Gasteiger partial charge in [0.2, 0.25) is 17.7 Å². The maximum atomic E-state index is 12.1. The number of anilines is 4. The molecule has 352 valence electrons. The van der Waals surface area contributed by atoms with Gasteiger partial charge >= 0.3 is 5.97 Å². The fraction of sp³-hybridized carbons (Fsp3) is 0.423. The summed E-state index contributed by atoms with van der Waals surface area (Å²) in [7, 11) is 0. The molecule has 12 rings (SSSR count). The first kappa shape index (κ1) is 43.8. The van der Waals surface area contributed by atoms with Crippen molar-refractivity contribution in [2.45, 2.75) is 114 Å². The number of nitrogens with zero attached hydrogens (tertiary/aromatic N) is 6. The Morgan fingerprint density at radius 3 is 1.53 bits per heavy atom. The van der Waals surface area contributed by atoms with Crippen LogP contribution in [0.4, 0.5) is 23.0 Å². The van der Waals surface area contributed by atoms with E-state index >= 15 is 0 Å². The summed E-state index contributed by atoms with van der Waals surface area (Å²) in [4.78, 5) is 21.0. The maximum Gasteiger partial charge on any atom is 0.339 e. The van der Waals surface area contributed by atoms with Crippen LogP contribution in [0.5, 0.6) is 23.3 Å². The van der Waals surface area contributed by atoms with Gasteiger partial charge in [0.1, 0.15) is 34.3 Å². The zero-order chi connectivity index (χ0) is 46.6. The highest BCUT2D eigenvalue weighted by Crippen LogP contribution is 2.45. The number of esters is 1. The lowest BCUT2D eigenvalue weighted by Gasteiger charge is -2.24. The molecule has 16 heteroatoms. The van der Waals surface area contributed by atoms with Crippen LogP contribution in [0.25, 0.3) is 0 Å². The van der Waals surface area contributed by atoms with E-state index in [1.54, 1.807) is 18.5 Å². The third kappa shape index (κ3) is 9.26. The van der Waals surface area contributed by atoms with Crippen molar-refractivity contribution in [3.8, 4) is 23.3 Å². The number of fused-ring (bicyclic) bond motifs is 2. The molecule has 2 aromatic carbocycles. The Morgan fingerprint density at radius 2 is 1.04 bits per heavy atom. The summed E-state index contributed by atoms with van der Waals surface area (Å²) < 4.78 is 39.1. The molecule has 6 aromatic rings. The molecule has 4 fully saturated rings. The number of hydrogen-bond acceptors (Lipinski definition) is 14. The van der Waals surface area contributed by atoms with E-state index in [9.17, 15) is 4.79 Å². The van der Waals surface area contributed by atoms with Crippen LogP contribution in [0.3, 0.4) is 0 Å². The van der Waals surface area contributed by atoms with Gasteiger partial charge in [0, 0.05) is 103 Å². The smallest absolute Gasteiger partial charge is 0.339 e. The Hall–Kier alpha value is -6.78. The van der Waals surface area contributed by atoms with Crippen LogP contribution in [0, 0.1) is 5.41 Å². The van der Waals surface area contributed by atoms with Crippen LogP contribution in [-0.2, 0) is 30.1 Å². The van der Waals surface area contributed by atoms with Crippen molar-refractivity contribution in [3.63, 3.8) is 0 Å². The first-order valence-electron chi connectivity index (χ1n) is 23.9. The van der Waals surface area contributed by atoms with Crippen LogP contribution >= 0.6 is 0 Å². The van der Waals surface area contributed by atoms with Crippen molar-refractivity contribution in [2.24, 2.45) is 0 Å². The van der Waals surface area contributed by atoms with Gasteiger partial charge in [-0.1, -0.05) is 0 Å². The molecule has 0 bridgehead atoms. The average Bonchev–Trinajstić information content (AvgIpc) is 4.25. The lowest BCUT2D eigenvalue weighted by molar-refractivity contribution is 0.00953. The highest BCUT2D eigenvalue weighted by atomic mass is 16.6. The number of cyclic esters (lactones) is 1. The van der Waals surface area contributed by atoms with Crippen LogP contribution in [-0.4, -0.2) is 67.8 Å². The van der Waals surface area contributed by atoms with Gasteiger partial charge in [-0.05, 0) is 128 Å². The molecule has 4 aliphatic heterocycles. The van der Waals surface area contributed by atoms with Gasteiger partial charge < -0.3 is 39.1 Å². The van der Waals surface area contributed by atoms with Crippen molar-refractivity contribution < 1.29 is 33.2 Å². The Morgan fingerprint density at radius 1 is 0.588 bits per heavy atom. The molecular formula is C52H57N9O7. The number of carbonyl (C=O) groups excluding carboxylic acids is 1. The van der Waals surface area contributed by atoms with E-state index in [4.69, 9.17) is 44.0 Å². The topological polar surface area (TPSA) is 182 Å². The molecule has 3 N–H and O–H groups in total. The quantitative estimate of drug-likeness (QED) is 0.0987. The average molecular weight is 920 g/mol. The van der Waals surface area contributed by atoms with Gasteiger partial charge in [-0.25, -0.2) is 24.1 Å². The Balaban J connectivity index is 0.000000149. The van der Waals surface area contributed by atoms with Crippen molar-refractivity contribution in [1.82, 2.24) is 29.5 Å². The van der Waals surface area contributed by atoms with Gasteiger partial charge in [-0.15, -0.1) is 0 Å². The van der Waals surface area contributed by atoms with Gasteiger partial charge in [-0.2, -0.15) is 10.2 Å².